The number of rotatable bonds is 7. The van der Waals surface area contributed by atoms with Crippen LogP contribution >= 0.6 is 11.6 Å². The first-order chi connectivity index (χ1) is 13.1. The molecular formula is C21H27ClN4O. The molecule has 3 rings (SSSR count). The topological polar surface area (TPSA) is 61.2 Å². The first-order valence-corrected chi connectivity index (χ1v) is 9.89. The van der Waals surface area contributed by atoms with Crippen LogP contribution in [0.4, 0.5) is 0 Å². The number of benzene rings is 1. The van der Waals surface area contributed by atoms with Gasteiger partial charge in [-0.2, -0.15) is 0 Å². The number of nitrogens with zero attached hydrogens (tertiary/aromatic N) is 4. The van der Waals surface area contributed by atoms with E-state index in [1.54, 1.807) is 7.11 Å². The van der Waals surface area contributed by atoms with Crippen molar-refractivity contribution in [3.05, 3.63) is 64.1 Å². The molecule has 1 atom stereocenters. The number of piperidine rings is 1. The Kier molecular flexibility index (Phi) is 6.97. The maximum Gasteiger partial charge on any atom is 0.0970 e. The number of ether oxygens (including phenoxy) is 1. The molecule has 1 unspecified atom stereocenters. The molecule has 1 aromatic carbocycles. The molecule has 0 amide bonds. The minimum atomic E-state index is -0.528. The highest BCUT2D eigenvalue weighted by Crippen LogP contribution is 2.42. The number of halogens is 1. The summed E-state index contributed by atoms with van der Waals surface area (Å²) in [6.07, 6.45) is 7.35. The Balaban J connectivity index is 1.68. The van der Waals surface area contributed by atoms with Crippen LogP contribution in [0, 0.1) is 5.92 Å². The predicted octanol–water partition coefficient (Wildman–Crippen LogP) is 5.05. The molecule has 0 radical (unpaired) electrons. The first kappa shape index (κ1) is 20.0. The van der Waals surface area contributed by atoms with Gasteiger partial charge in [0.1, 0.15) is 0 Å². The van der Waals surface area contributed by atoms with E-state index in [9.17, 15) is 0 Å². The summed E-state index contributed by atoms with van der Waals surface area (Å²) in [7, 11) is 1.71. The van der Waals surface area contributed by atoms with Gasteiger partial charge in [-0.05, 0) is 54.9 Å². The van der Waals surface area contributed by atoms with Gasteiger partial charge in [0.05, 0.1) is 11.5 Å². The summed E-state index contributed by atoms with van der Waals surface area (Å²) in [6, 6.07) is 10.3. The lowest BCUT2D eigenvalue weighted by Crippen LogP contribution is -2.38. The molecule has 1 aliphatic heterocycles. The molecule has 2 aliphatic rings. The molecule has 6 heteroatoms. The quantitative estimate of drug-likeness (QED) is 0.285. The number of azide groups is 1. The summed E-state index contributed by atoms with van der Waals surface area (Å²) in [4.78, 5) is 4.83. The molecule has 1 aromatic rings. The zero-order chi connectivity index (χ0) is 19.1. The van der Waals surface area contributed by atoms with Crippen molar-refractivity contribution in [1.82, 2.24) is 4.90 Å². The molecule has 1 heterocycles. The van der Waals surface area contributed by atoms with Crippen LogP contribution in [-0.4, -0.2) is 49.7 Å². The van der Waals surface area contributed by atoms with Crippen LogP contribution < -0.4 is 0 Å². The number of likely N-dealkylation sites (tertiary alicyclic amines) is 1. The van der Waals surface area contributed by atoms with Crippen LogP contribution in [0.3, 0.4) is 0 Å². The van der Waals surface area contributed by atoms with E-state index in [4.69, 9.17) is 21.9 Å². The van der Waals surface area contributed by atoms with Crippen LogP contribution in [-0.2, 0) is 4.74 Å². The van der Waals surface area contributed by atoms with Crippen molar-refractivity contribution < 1.29 is 4.74 Å². The lowest BCUT2D eigenvalue weighted by atomic mass is 9.82. The molecule has 144 valence electrons. The maximum atomic E-state index is 8.47. The van der Waals surface area contributed by atoms with E-state index in [0.717, 1.165) is 50.0 Å². The van der Waals surface area contributed by atoms with Gasteiger partial charge in [0.25, 0.3) is 0 Å². The Bertz CT molecular complexity index is 734. The lowest BCUT2D eigenvalue weighted by Gasteiger charge is -2.36. The van der Waals surface area contributed by atoms with Gasteiger partial charge in [0, 0.05) is 25.1 Å². The Morgan fingerprint density at radius 3 is 2.67 bits per heavy atom. The van der Waals surface area contributed by atoms with E-state index in [1.807, 2.05) is 18.2 Å². The van der Waals surface area contributed by atoms with Crippen molar-refractivity contribution in [3.8, 4) is 0 Å². The van der Waals surface area contributed by atoms with Gasteiger partial charge in [-0.3, -0.25) is 4.90 Å². The van der Waals surface area contributed by atoms with E-state index >= 15 is 0 Å². The van der Waals surface area contributed by atoms with E-state index in [1.165, 1.54) is 5.57 Å². The zero-order valence-corrected chi connectivity index (χ0v) is 16.6. The van der Waals surface area contributed by atoms with Gasteiger partial charge < -0.3 is 4.74 Å². The molecule has 0 bridgehead atoms. The molecule has 0 saturated carbocycles. The van der Waals surface area contributed by atoms with Crippen LogP contribution in [0.15, 0.2) is 53.2 Å². The van der Waals surface area contributed by atoms with Crippen LogP contribution in [0.25, 0.3) is 16.0 Å². The molecule has 0 N–H and O–H groups in total. The molecule has 5 nitrogen and oxygen atoms in total. The average Bonchev–Trinajstić information content (AvgIpc) is 2.68. The molecule has 0 spiro atoms. The summed E-state index contributed by atoms with van der Waals surface area (Å²) in [5.74, 6) is 0.516. The Morgan fingerprint density at radius 1 is 1.26 bits per heavy atom. The van der Waals surface area contributed by atoms with E-state index < -0.39 is 4.87 Å². The Labute approximate surface area is 166 Å². The van der Waals surface area contributed by atoms with Gasteiger partial charge in [-0.1, -0.05) is 53.2 Å². The van der Waals surface area contributed by atoms with Gasteiger partial charge in [0.2, 0.25) is 0 Å². The lowest BCUT2D eigenvalue weighted by molar-refractivity contribution is 0.176. The summed E-state index contributed by atoms with van der Waals surface area (Å²) >= 11 is 7.07. The Morgan fingerprint density at radius 2 is 2.00 bits per heavy atom. The highest BCUT2D eigenvalue weighted by atomic mass is 35.5. The van der Waals surface area contributed by atoms with Crippen LogP contribution in [0.5, 0.6) is 0 Å². The monoisotopic (exact) mass is 386 g/mol. The third-order valence-corrected chi connectivity index (χ3v) is 5.92. The summed E-state index contributed by atoms with van der Waals surface area (Å²) < 4.78 is 5.47. The minimum Gasteiger partial charge on any atom is -0.382 e. The smallest absolute Gasteiger partial charge is 0.0970 e. The minimum absolute atomic E-state index is 0.487. The molecule has 1 saturated heterocycles. The predicted molar refractivity (Wildman–Crippen MR) is 111 cm³/mol. The highest BCUT2D eigenvalue weighted by Gasteiger charge is 2.36. The van der Waals surface area contributed by atoms with Gasteiger partial charge >= 0.3 is 0 Å². The number of methoxy groups -OCH3 is 1. The maximum absolute atomic E-state index is 8.47. The normalized spacial score (nSPS) is 24.1. The number of allylic oxidation sites excluding steroid dienone is 2. The first-order valence-electron chi connectivity index (χ1n) is 9.51. The largest absolute Gasteiger partial charge is 0.382 e. The van der Waals surface area contributed by atoms with Gasteiger partial charge in [-0.15, -0.1) is 11.6 Å². The van der Waals surface area contributed by atoms with Crippen LogP contribution in [0.2, 0.25) is 0 Å². The van der Waals surface area contributed by atoms with Crippen molar-refractivity contribution in [2.24, 2.45) is 11.0 Å². The molecule has 27 heavy (non-hydrogen) atoms. The van der Waals surface area contributed by atoms with Crippen molar-refractivity contribution in [3.63, 3.8) is 0 Å². The van der Waals surface area contributed by atoms with Crippen molar-refractivity contribution >= 4 is 17.2 Å². The molecule has 0 aromatic heterocycles. The molecular weight excluding hydrogens is 360 g/mol. The van der Waals surface area contributed by atoms with Crippen molar-refractivity contribution in [2.45, 2.75) is 24.1 Å². The number of hydrogen-bond acceptors (Lipinski definition) is 3. The van der Waals surface area contributed by atoms with Crippen LogP contribution in [0.1, 0.15) is 24.8 Å². The summed E-state index contributed by atoms with van der Waals surface area (Å²) in [6.45, 7) is 4.12. The third-order valence-electron chi connectivity index (χ3n) is 5.47. The molecule has 1 aliphatic carbocycles. The Hall–Kier alpha value is -1.78. The second-order valence-corrected chi connectivity index (χ2v) is 8.20. The second-order valence-electron chi connectivity index (χ2n) is 7.48. The zero-order valence-electron chi connectivity index (χ0n) is 15.9. The van der Waals surface area contributed by atoms with E-state index in [-0.39, 0.29) is 0 Å². The molecule has 1 fully saturated rings. The second kappa shape index (κ2) is 9.43. The standard InChI is InChI=1S/C21H27ClN4O/c1-27-16-21(22)13-18(7-8-20(21)19-5-3-2-4-6-19)15-26-11-9-17(10-12-26)14-24-25-23/h2-8,17H,9-16H2,1H3. The number of alkyl halides is 1. The SMILES string of the molecule is COCC1(Cl)CC(CN2CCC(CN=[N+]=[N-])CC2)=CC=C1c1ccccc1. The van der Waals surface area contributed by atoms with E-state index in [2.05, 4.69) is 39.2 Å². The fraction of sp³-hybridized carbons (Fsp3) is 0.524. The fourth-order valence-electron chi connectivity index (χ4n) is 4.07. The third kappa shape index (κ3) is 5.14. The van der Waals surface area contributed by atoms with Crippen molar-refractivity contribution in [2.75, 3.05) is 39.9 Å². The summed E-state index contributed by atoms with van der Waals surface area (Å²) in [5.41, 5.74) is 12.1. The van der Waals surface area contributed by atoms with Gasteiger partial charge in [-0.25, -0.2) is 0 Å². The van der Waals surface area contributed by atoms with Crippen molar-refractivity contribution in [1.29, 1.82) is 0 Å². The highest BCUT2D eigenvalue weighted by molar-refractivity contribution is 6.31. The summed E-state index contributed by atoms with van der Waals surface area (Å²) in [5, 5.41) is 3.72. The average molecular weight is 387 g/mol. The fourth-order valence-corrected chi connectivity index (χ4v) is 4.52. The number of hydrogen-bond donors (Lipinski definition) is 0. The van der Waals surface area contributed by atoms with Gasteiger partial charge in [0.15, 0.2) is 0 Å². The van der Waals surface area contributed by atoms with E-state index in [0.29, 0.717) is 19.1 Å².